The molecule has 2 atom stereocenters. The Balaban J connectivity index is 1.56. The van der Waals surface area contributed by atoms with Crippen LogP contribution in [0.25, 0.3) is 22.0 Å². The third-order valence-corrected chi connectivity index (χ3v) is 6.40. The van der Waals surface area contributed by atoms with Gasteiger partial charge in [0.25, 0.3) is 5.91 Å². The highest BCUT2D eigenvalue weighted by Gasteiger charge is 2.31. The largest absolute Gasteiger partial charge is 0.389 e. The molecule has 4 aromatic rings. The number of amides is 1. The molecule has 7 nitrogen and oxygen atoms in total. The highest BCUT2D eigenvalue weighted by Crippen LogP contribution is 2.32. The lowest BCUT2D eigenvalue weighted by Gasteiger charge is -2.28. The average Bonchev–Trinajstić information content (AvgIpc) is 3.48. The number of nitrogens with zero attached hydrogens (tertiary/aromatic N) is 3. The molecule has 1 aliphatic rings. The van der Waals surface area contributed by atoms with Crippen LogP contribution in [0.5, 0.6) is 0 Å². The van der Waals surface area contributed by atoms with Crippen molar-refractivity contribution in [2.45, 2.75) is 25.1 Å². The van der Waals surface area contributed by atoms with E-state index in [-0.39, 0.29) is 25.2 Å². The summed E-state index contributed by atoms with van der Waals surface area (Å²) in [6.45, 7) is -0.199. The molecule has 1 fully saturated rings. The minimum Gasteiger partial charge on any atom is -0.389 e. The van der Waals surface area contributed by atoms with Gasteiger partial charge in [0.1, 0.15) is 5.82 Å². The molecule has 3 heterocycles. The number of rotatable bonds is 5. The van der Waals surface area contributed by atoms with E-state index < -0.39 is 70.2 Å². The van der Waals surface area contributed by atoms with E-state index in [0.29, 0.717) is 11.1 Å². The molecule has 1 aliphatic heterocycles. The first-order chi connectivity index (χ1) is 17.7. The number of aliphatic hydroxyl groups excluding tert-OH is 1. The molecule has 37 heavy (non-hydrogen) atoms. The van der Waals surface area contributed by atoms with E-state index in [1.807, 2.05) is 0 Å². The summed E-state index contributed by atoms with van der Waals surface area (Å²) in [5.74, 6) is -9.22. The minimum atomic E-state index is -2.07. The van der Waals surface area contributed by atoms with Gasteiger partial charge in [-0.3, -0.25) is 9.48 Å². The molecule has 5 rings (SSSR count). The smallest absolute Gasteiger partial charge is 0.253 e. The maximum absolute atomic E-state index is 15.0. The number of carbonyl (C=O) groups excluding carboxylic acids is 1. The first-order valence-electron chi connectivity index (χ1n) is 11.3. The van der Waals surface area contributed by atoms with Crippen molar-refractivity contribution in [3.8, 4) is 11.1 Å². The van der Waals surface area contributed by atoms with Crippen molar-refractivity contribution in [3.63, 3.8) is 0 Å². The van der Waals surface area contributed by atoms with Crippen LogP contribution in [0.15, 0.2) is 36.8 Å². The third kappa shape index (κ3) is 4.46. The summed E-state index contributed by atoms with van der Waals surface area (Å²) in [4.78, 5) is 13.0. The Bertz CT molecular complexity index is 1520. The molecular formula is C25H21F5N4O3. The minimum absolute atomic E-state index is 0.0286. The molecule has 0 spiro atoms. The fraction of sp³-hybridized carbons (Fsp3) is 0.280. The SMILES string of the molecule is Cn1cc(-c2ccc(Cn3cc(C(=O)N[C@H]4CCOC[C@@H]4O)c4c(F)c(F)c(F)c(F)c43)c(F)c2)cn1. The average molecular weight is 520 g/mol. The van der Waals surface area contributed by atoms with Crippen LogP contribution in [0.4, 0.5) is 22.0 Å². The molecule has 2 N–H and O–H groups in total. The Hall–Kier alpha value is -3.77. The Morgan fingerprint density at radius 3 is 2.54 bits per heavy atom. The number of hydrogen-bond acceptors (Lipinski definition) is 4. The summed E-state index contributed by atoms with van der Waals surface area (Å²) in [6, 6.07) is 3.49. The van der Waals surface area contributed by atoms with Gasteiger partial charge in [-0.1, -0.05) is 12.1 Å². The standard InChI is InChI=1S/C25H21F5N4O3/c1-33-8-14(7-31-33)12-2-3-13(16(26)6-12)9-34-10-15(25(36)32-17-4-5-37-11-18(17)35)19-20(27)21(28)22(29)23(30)24(19)34/h2-3,6-8,10,17-18,35H,4-5,9,11H2,1H3,(H,32,36)/t17-,18-/m0/s1. The molecule has 12 heteroatoms. The molecule has 194 valence electrons. The molecule has 2 aromatic heterocycles. The van der Waals surface area contributed by atoms with Gasteiger partial charge in [-0.25, -0.2) is 22.0 Å². The van der Waals surface area contributed by atoms with Gasteiger partial charge in [-0.05, 0) is 18.1 Å². The third-order valence-electron chi connectivity index (χ3n) is 6.40. The van der Waals surface area contributed by atoms with E-state index in [2.05, 4.69) is 10.4 Å². The summed E-state index contributed by atoms with van der Waals surface area (Å²) in [5.41, 5.74) is -0.0199. The molecule has 0 aliphatic carbocycles. The van der Waals surface area contributed by atoms with Crippen LogP contribution >= 0.6 is 0 Å². The van der Waals surface area contributed by atoms with E-state index >= 15 is 4.39 Å². The zero-order chi connectivity index (χ0) is 26.4. The second-order valence-electron chi connectivity index (χ2n) is 8.87. The van der Waals surface area contributed by atoms with Crippen LogP contribution in [-0.2, 0) is 18.3 Å². The maximum Gasteiger partial charge on any atom is 0.253 e. The van der Waals surface area contributed by atoms with Crippen molar-refractivity contribution in [1.29, 1.82) is 0 Å². The number of halogens is 5. The van der Waals surface area contributed by atoms with Crippen molar-refractivity contribution in [2.75, 3.05) is 13.2 Å². The lowest BCUT2D eigenvalue weighted by Crippen LogP contribution is -2.48. The van der Waals surface area contributed by atoms with Gasteiger partial charge < -0.3 is 19.7 Å². The van der Waals surface area contributed by atoms with Gasteiger partial charge in [0.05, 0.1) is 48.0 Å². The normalized spacial score (nSPS) is 17.9. The molecule has 0 bridgehead atoms. The zero-order valence-corrected chi connectivity index (χ0v) is 19.4. The van der Waals surface area contributed by atoms with Crippen molar-refractivity contribution in [2.24, 2.45) is 7.05 Å². The van der Waals surface area contributed by atoms with Crippen LogP contribution in [-0.4, -0.2) is 50.7 Å². The summed E-state index contributed by atoms with van der Waals surface area (Å²) in [5, 5.41) is 15.8. The summed E-state index contributed by atoms with van der Waals surface area (Å²) in [6.07, 6.45) is 3.44. The summed E-state index contributed by atoms with van der Waals surface area (Å²) < 4.78 is 80.7. The maximum atomic E-state index is 15.0. The van der Waals surface area contributed by atoms with Crippen molar-refractivity contribution < 1.29 is 36.6 Å². The molecular weight excluding hydrogens is 499 g/mol. The topological polar surface area (TPSA) is 81.3 Å². The molecule has 0 saturated carbocycles. The number of benzene rings is 2. The van der Waals surface area contributed by atoms with Crippen LogP contribution in [0.1, 0.15) is 22.3 Å². The van der Waals surface area contributed by atoms with Crippen LogP contribution in [0, 0.1) is 29.1 Å². The predicted octanol–water partition coefficient (Wildman–Crippen LogP) is 3.67. The van der Waals surface area contributed by atoms with Crippen molar-refractivity contribution in [3.05, 3.63) is 77.0 Å². The number of hydrogen-bond donors (Lipinski definition) is 2. The highest BCUT2D eigenvalue weighted by molar-refractivity contribution is 6.07. The lowest BCUT2D eigenvalue weighted by atomic mass is 10.0. The summed E-state index contributed by atoms with van der Waals surface area (Å²) in [7, 11) is 1.71. The number of aromatic nitrogens is 3. The number of aryl methyl sites for hydroxylation is 1. The van der Waals surface area contributed by atoms with Gasteiger partial charge in [0.15, 0.2) is 23.3 Å². The van der Waals surface area contributed by atoms with E-state index in [4.69, 9.17) is 4.74 Å². The second kappa shape index (κ2) is 9.60. The molecule has 0 unspecified atom stereocenters. The van der Waals surface area contributed by atoms with Gasteiger partial charge >= 0.3 is 0 Å². The first kappa shape index (κ1) is 24.9. The number of carbonyl (C=O) groups is 1. The van der Waals surface area contributed by atoms with E-state index in [9.17, 15) is 27.5 Å². The number of ether oxygens (including phenoxy) is 1. The number of fused-ring (bicyclic) bond motifs is 1. The fourth-order valence-electron chi connectivity index (χ4n) is 4.46. The second-order valence-corrected chi connectivity index (χ2v) is 8.87. The first-order valence-corrected chi connectivity index (χ1v) is 11.3. The number of nitrogens with one attached hydrogen (secondary N) is 1. The number of aliphatic hydroxyl groups is 1. The Morgan fingerprint density at radius 2 is 1.86 bits per heavy atom. The van der Waals surface area contributed by atoms with Gasteiger partial charge in [-0.2, -0.15) is 5.10 Å². The molecule has 1 saturated heterocycles. The molecule has 0 radical (unpaired) electrons. The lowest BCUT2D eigenvalue weighted by molar-refractivity contribution is -0.0260. The zero-order valence-electron chi connectivity index (χ0n) is 19.4. The van der Waals surface area contributed by atoms with Crippen molar-refractivity contribution >= 4 is 16.8 Å². The Labute approximate surface area is 207 Å². The van der Waals surface area contributed by atoms with Crippen LogP contribution < -0.4 is 5.32 Å². The highest BCUT2D eigenvalue weighted by atomic mass is 19.2. The van der Waals surface area contributed by atoms with E-state index in [1.165, 1.54) is 12.1 Å². The predicted molar refractivity (Wildman–Crippen MR) is 122 cm³/mol. The Morgan fingerprint density at radius 1 is 1.11 bits per heavy atom. The monoisotopic (exact) mass is 520 g/mol. The molecule has 2 aromatic carbocycles. The van der Waals surface area contributed by atoms with E-state index in [1.54, 1.807) is 30.2 Å². The van der Waals surface area contributed by atoms with Gasteiger partial charge in [-0.15, -0.1) is 0 Å². The van der Waals surface area contributed by atoms with E-state index in [0.717, 1.165) is 10.8 Å². The summed E-state index contributed by atoms with van der Waals surface area (Å²) >= 11 is 0. The van der Waals surface area contributed by atoms with Crippen LogP contribution in [0.2, 0.25) is 0 Å². The van der Waals surface area contributed by atoms with Gasteiger partial charge in [0.2, 0.25) is 0 Å². The fourth-order valence-corrected chi connectivity index (χ4v) is 4.46. The van der Waals surface area contributed by atoms with Gasteiger partial charge in [0, 0.05) is 37.2 Å². The Kier molecular flexibility index (Phi) is 6.46. The quantitative estimate of drug-likeness (QED) is 0.239. The van der Waals surface area contributed by atoms with Crippen LogP contribution in [0.3, 0.4) is 0 Å². The molecule has 1 amide bonds. The van der Waals surface area contributed by atoms with Crippen molar-refractivity contribution in [1.82, 2.24) is 19.7 Å².